The summed E-state index contributed by atoms with van der Waals surface area (Å²) in [5, 5.41) is 3.52. The molecule has 2 fully saturated rings. The van der Waals surface area contributed by atoms with Crippen molar-refractivity contribution in [2.24, 2.45) is 5.92 Å². The van der Waals surface area contributed by atoms with Gasteiger partial charge in [-0.2, -0.15) is 4.98 Å². The van der Waals surface area contributed by atoms with Crippen LogP contribution in [0.15, 0.2) is 4.52 Å². The number of aromatic nitrogens is 2. The molecule has 0 bridgehead atoms. The minimum Gasteiger partial charge on any atom is -0.345 e. The fraction of sp³-hybridized carbons (Fsp3) is 0.800. The zero-order valence-electron chi connectivity index (χ0n) is 14.3. The number of hydrogen-bond acceptors (Lipinski definition) is 6. The summed E-state index contributed by atoms with van der Waals surface area (Å²) in [4.78, 5) is 17.9. The van der Waals surface area contributed by atoms with Crippen molar-refractivity contribution in [1.82, 2.24) is 19.3 Å². The van der Waals surface area contributed by atoms with Crippen LogP contribution in [0.4, 0.5) is 0 Å². The van der Waals surface area contributed by atoms with Gasteiger partial charge >= 0.3 is 0 Å². The Hall–Kier alpha value is -1.48. The molecule has 1 aliphatic heterocycles. The summed E-state index contributed by atoms with van der Waals surface area (Å²) in [7, 11) is -1.41. The largest absolute Gasteiger partial charge is 0.345 e. The third-order valence-corrected chi connectivity index (χ3v) is 6.82. The molecule has 0 aromatic carbocycles. The van der Waals surface area contributed by atoms with Crippen LogP contribution in [0.1, 0.15) is 44.3 Å². The van der Waals surface area contributed by atoms with Crippen LogP contribution in [-0.2, 0) is 21.2 Å². The van der Waals surface area contributed by atoms with Gasteiger partial charge in [-0.3, -0.25) is 4.79 Å². The van der Waals surface area contributed by atoms with Crippen molar-refractivity contribution in [3.8, 4) is 0 Å². The molecule has 1 saturated carbocycles. The van der Waals surface area contributed by atoms with E-state index in [1.807, 2.05) is 0 Å². The van der Waals surface area contributed by atoms with Crippen LogP contribution in [0, 0.1) is 5.92 Å². The highest BCUT2D eigenvalue weighted by Gasteiger charge is 2.40. The summed E-state index contributed by atoms with van der Waals surface area (Å²) in [6.45, 7) is 4.69. The van der Waals surface area contributed by atoms with Gasteiger partial charge in [-0.25, -0.2) is 12.7 Å². The molecule has 0 radical (unpaired) electrons. The predicted molar refractivity (Wildman–Crippen MR) is 86.7 cm³/mol. The van der Waals surface area contributed by atoms with Gasteiger partial charge in [-0.15, -0.1) is 0 Å². The fourth-order valence-corrected chi connectivity index (χ4v) is 4.03. The third-order valence-electron chi connectivity index (χ3n) is 4.61. The van der Waals surface area contributed by atoms with Crippen LogP contribution in [0.2, 0.25) is 0 Å². The van der Waals surface area contributed by atoms with E-state index in [0.717, 1.165) is 12.8 Å². The second-order valence-corrected chi connectivity index (χ2v) is 9.43. The summed E-state index contributed by atoms with van der Waals surface area (Å²) >= 11 is 0. The van der Waals surface area contributed by atoms with E-state index in [0.29, 0.717) is 37.8 Å². The van der Waals surface area contributed by atoms with Crippen LogP contribution in [0.25, 0.3) is 0 Å². The molecule has 2 aliphatic rings. The minimum atomic E-state index is -3.21. The lowest BCUT2D eigenvalue weighted by atomic mass is 10.0. The molecule has 0 spiro atoms. The molecular weight excluding hydrogens is 332 g/mol. The van der Waals surface area contributed by atoms with Crippen LogP contribution < -0.4 is 0 Å². The molecule has 1 aromatic heterocycles. The van der Waals surface area contributed by atoms with Crippen molar-refractivity contribution < 1.29 is 17.7 Å². The smallest absolute Gasteiger partial charge is 0.232 e. The van der Waals surface area contributed by atoms with E-state index in [9.17, 15) is 13.2 Å². The van der Waals surface area contributed by atoms with Gasteiger partial charge in [0.2, 0.25) is 21.8 Å². The van der Waals surface area contributed by atoms with Gasteiger partial charge < -0.3 is 9.42 Å². The monoisotopic (exact) mass is 356 g/mol. The number of hydrogen-bond donors (Lipinski definition) is 0. The zero-order chi connectivity index (χ0) is 17.5. The van der Waals surface area contributed by atoms with Crippen LogP contribution in [0.3, 0.4) is 0 Å². The molecule has 24 heavy (non-hydrogen) atoms. The maximum Gasteiger partial charge on any atom is 0.232 e. The number of rotatable bonds is 7. The predicted octanol–water partition coefficient (Wildman–Crippen LogP) is 0.618. The van der Waals surface area contributed by atoms with Crippen LogP contribution in [0.5, 0.6) is 0 Å². The first-order valence-electron chi connectivity index (χ1n) is 8.35. The molecule has 134 valence electrons. The van der Waals surface area contributed by atoms with E-state index in [2.05, 4.69) is 10.1 Å². The van der Waals surface area contributed by atoms with Crippen LogP contribution in [-0.4, -0.2) is 65.6 Å². The maximum absolute atomic E-state index is 12.0. The van der Waals surface area contributed by atoms with Gasteiger partial charge in [0.05, 0.1) is 11.2 Å². The average molecular weight is 356 g/mol. The zero-order valence-corrected chi connectivity index (χ0v) is 15.1. The van der Waals surface area contributed by atoms with Gasteiger partial charge in [0, 0.05) is 39.0 Å². The highest BCUT2D eigenvalue weighted by molar-refractivity contribution is 7.89. The second kappa shape index (κ2) is 6.44. The minimum absolute atomic E-state index is 0.0365. The first kappa shape index (κ1) is 17.3. The maximum atomic E-state index is 12.0. The van der Waals surface area contributed by atoms with Crippen molar-refractivity contribution >= 4 is 15.9 Å². The summed E-state index contributed by atoms with van der Waals surface area (Å²) in [6, 6.07) is 0. The lowest BCUT2D eigenvalue weighted by Gasteiger charge is -2.36. The first-order valence-corrected chi connectivity index (χ1v) is 9.85. The molecule has 8 nitrogen and oxygen atoms in total. The molecule has 0 atom stereocenters. The van der Waals surface area contributed by atoms with Crippen molar-refractivity contribution in [3.63, 3.8) is 0 Å². The number of carbonyl (C=O) groups is 1. The molecule has 0 unspecified atom stereocenters. The van der Waals surface area contributed by atoms with Gasteiger partial charge in [-0.1, -0.05) is 5.16 Å². The normalized spacial score (nSPS) is 19.5. The highest BCUT2D eigenvalue weighted by atomic mass is 32.2. The number of amides is 1. The molecule has 9 heteroatoms. The SMILES string of the molecule is CC(C)S(=O)(=O)N1CC(c2nc(CCN(C)C(=O)C3CC3)no2)C1. The van der Waals surface area contributed by atoms with Gasteiger partial charge in [0.25, 0.3) is 0 Å². The number of likely N-dealkylation sites (N-methyl/N-ethyl adjacent to an activating group) is 1. The number of nitrogens with zero attached hydrogens (tertiary/aromatic N) is 4. The molecule has 0 N–H and O–H groups in total. The van der Waals surface area contributed by atoms with Gasteiger partial charge in [0.15, 0.2) is 5.82 Å². The Bertz CT molecular complexity index is 705. The fourth-order valence-electron chi connectivity index (χ4n) is 2.65. The third kappa shape index (κ3) is 3.46. The van der Waals surface area contributed by atoms with E-state index >= 15 is 0 Å². The Labute approximate surface area is 142 Å². The molecule has 3 rings (SSSR count). The molecule has 1 aliphatic carbocycles. The lowest BCUT2D eigenvalue weighted by Crippen LogP contribution is -2.50. The van der Waals surface area contributed by atoms with Crippen molar-refractivity contribution in [1.29, 1.82) is 0 Å². The molecule has 1 aromatic rings. The molecule has 1 saturated heterocycles. The Morgan fingerprint density at radius 1 is 1.38 bits per heavy atom. The van der Waals surface area contributed by atoms with E-state index in [4.69, 9.17) is 4.52 Å². The Kier molecular flexibility index (Phi) is 4.65. The Balaban J connectivity index is 1.49. The Morgan fingerprint density at radius 3 is 2.62 bits per heavy atom. The molecular formula is C15H24N4O4S. The van der Waals surface area contributed by atoms with Gasteiger partial charge in [-0.05, 0) is 26.7 Å². The van der Waals surface area contributed by atoms with E-state index in [1.54, 1.807) is 25.8 Å². The van der Waals surface area contributed by atoms with Crippen molar-refractivity contribution in [3.05, 3.63) is 11.7 Å². The lowest BCUT2D eigenvalue weighted by molar-refractivity contribution is -0.131. The Morgan fingerprint density at radius 2 is 2.04 bits per heavy atom. The first-order chi connectivity index (χ1) is 11.3. The second-order valence-electron chi connectivity index (χ2n) is 6.94. The van der Waals surface area contributed by atoms with E-state index < -0.39 is 15.3 Å². The van der Waals surface area contributed by atoms with Crippen molar-refractivity contribution in [2.45, 2.75) is 44.3 Å². The average Bonchev–Trinajstić information content (AvgIpc) is 3.22. The summed E-state index contributed by atoms with van der Waals surface area (Å²) in [5.74, 6) is 1.40. The quantitative estimate of drug-likeness (QED) is 0.710. The molecule has 2 heterocycles. The summed E-state index contributed by atoms with van der Waals surface area (Å²) in [5.41, 5.74) is 0. The van der Waals surface area contributed by atoms with E-state index in [1.165, 1.54) is 4.31 Å². The standard InChI is InChI=1S/C15H24N4O4S/c1-10(2)24(21,22)19-8-12(9-19)14-16-13(17-23-14)6-7-18(3)15(20)11-4-5-11/h10-12H,4-9H2,1-3H3. The molecule has 1 amide bonds. The van der Waals surface area contributed by atoms with Crippen LogP contribution >= 0.6 is 0 Å². The number of carbonyl (C=O) groups excluding carboxylic acids is 1. The summed E-state index contributed by atoms with van der Waals surface area (Å²) in [6.07, 6.45) is 2.53. The topological polar surface area (TPSA) is 96.6 Å². The summed E-state index contributed by atoms with van der Waals surface area (Å²) < 4.78 is 30.7. The highest BCUT2D eigenvalue weighted by Crippen LogP contribution is 2.31. The van der Waals surface area contributed by atoms with E-state index in [-0.39, 0.29) is 17.7 Å². The van der Waals surface area contributed by atoms with Gasteiger partial charge in [0.1, 0.15) is 0 Å². The number of sulfonamides is 1. The van der Waals surface area contributed by atoms with Crippen molar-refractivity contribution in [2.75, 3.05) is 26.7 Å².